The number of nitrogens with one attached hydrogen (secondary N) is 1. The van der Waals surface area contributed by atoms with E-state index in [0.29, 0.717) is 17.5 Å². The Bertz CT molecular complexity index is 352. The van der Waals surface area contributed by atoms with E-state index in [1.54, 1.807) is 0 Å². The Morgan fingerprint density at radius 1 is 1.56 bits per heavy atom. The first-order valence-corrected chi connectivity index (χ1v) is 7.76. The highest BCUT2D eigenvalue weighted by Gasteiger charge is 2.31. The predicted molar refractivity (Wildman–Crippen MR) is 70.3 cm³/mol. The van der Waals surface area contributed by atoms with Gasteiger partial charge in [0, 0.05) is 19.6 Å². The number of rotatable bonds is 3. The summed E-state index contributed by atoms with van der Waals surface area (Å²) in [6.45, 7) is 5.04. The minimum absolute atomic E-state index is 0.0390. The molecule has 0 aliphatic carbocycles. The van der Waals surface area contributed by atoms with Crippen molar-refractivity contribution in [3.05, 3.63) is 0 Å². The lowest BCUT2D eigenvalue weighted by atomic mass is 10.2. The number of hydrogen-bond acceptors (Lipinski definition) is 3. The van der Waals surface area contributed by atoms with E-state index in [-0.39, 0.29) is 17.5 Å². The Morgan fingerprint density at radius 3 is 2.62 bits per heavy atom. The molecule has 6 heteroatoms. The van der Waals surface area contributed by atoms with Crippen LogP contribution in [0.2, 0.25) is 0 Å². The van der Waals surface area contributed by atoms with Gasteiger partial charge >= 0.3 is 0 Å². The van der Waals surface area contributed by atoms with Crippen LogP contribution in [-0.2, 0) is 9.84 Å². The molecule has 0 aromatic heterocycles. The van der Waals surface area contributed by atoms with E-state index in [2.05, 4.69) is 19.2 Å². The Morgan fingerprint density at radius 2 is 2.19 bits per heavy atom. The standard InChI is InChI=1S/C10H20N2O2S2/c1-8(2)6-11-10(15)12(3)9-4-5-16(13,14)7-9/h8-9H,4-7H2,1-3H3,(H,11,15). The van der Waals surface area contributed by atoms with Gasteiger partial charge in [0.2, 0.25) is 0 Å². The second-order valence-electron chi connectivity index (χ2n) is 4.75. The van der Waals surface area contributed by atoms with Gasteiger partial charge in [0.15, 0.2) is 14.9 Å². The summed E-state index contributed by atoms with van der Waals surface area (Å²) in [6.07, 6.45) is 0.683. The van der Waals surface area contributed by atoms with E-state index >= 15 is 0 Å². The Kier molecular flexibility index (Phi) is 4.55. The fraction of sp³-hybridized carbons (Fsp3) is 0.900. The zero-order valence-electron chi connectivity index (χ0n) is 10.1. The van der Waals surface area contributed by atoms with Crippen molar-refractivity contribution < 1.29 is 8.42 Å². The fourth-order valence-corrected chi connectivity index (χ4v) is 3.67. The SMILES string of the molecule is CC(C)CNC(=S)N(C)C1CCS(=O)(=O)C1. The number of sulfone groups is 1. The van der Waals surface area contributed by atoms with Crippen LogP contribution >= 0.6 is 12.2 Å². The van der Waals surface area contributed by atoms with Crippen LogP contribution in [-0.4, -0.2) is 49.6 Å². The fourth-order valence-electron chi connectivity index (χ4n) is 1.66. The summed E-state index contributed by atoms with van der Waals surface area (Å²) in [6, 6.07) is 0.0390. The van der Waals surface area contributed by atoms with Gasteiger partial charge in [-0.2, -0.15) is 0 Å². The Balaban J connectivity index is 2.46. The Hall–Kier alpha value is -0.360. The molecule has 1 rings (SSSR count). The molecule has 1 atom stereocenters. The van der Waals surface area contributed by atoms with Crippen LogP contribution in [0.15, 0.2) is 0 Å². The molecular weight excluding hydrogens is 244 g/mol. The maximum atomic E-state index is 11.3. The average molecular weight is 264 g/mol. The lowest BCUT2D eigenvalue weighted by molar-refractivity contribution is 0.387. The lowest BCUT2D eigenvalue weighted by Crippen LogP contribution is -2.44. The molecule has 4 nitrogen and oxygen atoms in total. The first-order valence-electron chi connectivity index (χ1n) is 5.53. The highest BCUT2D eigenvalue weighted by molar-refractivity contribution is 7.91. The van der Waals surface area contributed by atoms with E-state index in [4.69, 9.17) is 12.2 Å². The van der Waals surface area contributed by atoms with Crippen LogP contribution in [0.25, 0.3) is 0 Å². The largest absolute Gasteiger partial charge is 0.362 e. The molecule has 16 heavy (non-hydrogen) atoms. The van der Waals surface area contributed by atoms with Gasteiger partial charge in [-0.25, -0.2) is 8.42 Å². The van der Waals surface area contributed by atoms with Crippen LogP contribution in [0.1, 0.15) is 20.3 Å². The van der Waals surface area contributed by atoms with Gasteiger partial charge in [0.05, 0.1) is 11.5 Å². The molecule has 0 amide bonds. The third-order valence-electron chi connectivity index (χ3n) is 2.74. The van der Waals surface area contributed by atoms with Crippen LogP contribution in [0.4, 0.5) is 0 Å². The zero-order chi connectivity index (χ0) is 12.3. The molecule has 0 bridgehead atoms. The number of nitrogens with zero attached hydrogens (tertiary/aromatic N) is 1. The van der Waals surface area contributed by atoms with Crippen molar-refractivity contribution in [2.75, 3.05) is 25.1 Å². The van der Waals surface area contributed by atoms with Gasteiger partial charge in [-0.3, -0.25) is 0 Å². The average Bonchev–Trinajstić information content (AvgIpc) is 2.54. The summed E-state index contributed by atoms with van der Waals surface area (Å²) < 4.78 is 22.7. The molecule has 1 aliphatic rings. The third-order valence-corrected chi connectivity index (χ3v) is 4.92. The summed E-state index contributed by atoms with van der Waals surface area (Å²) in [7, 11) is -0.972. The molecule has 1 aliphatic heterocycles. The summed E-state index contributed by atoms with van der Waals surface area (Å²) in [5, 5.41) is 3.80. The lowest BCUT2D eigenvalue weighted by Gasteiger charge is -2.27. The van der Waals surface area contributed by atoms with Gasteiger partial charge < -0.3 is 10.2 Å². The van der Waals surface area contributed by atoms with Crippen molar-refractivity contribution in [1.29, 1.82) is 0 Å². The second-order valence-corrected chi connectivity index (χ2v) is 7.36. The molecule has 1 saturated heterocycles. The topological polar surface area (TPSA) is 49.4 Å². The summed E-state index contributed by atoms with van der Waals surface area (Å²) in [5.74, 6) is 1.04. The molecule has 1 unspecified atom stereocenters. The maximum Gasteiger partial charge on any atom is 0.168 e. The zero-order valence-corrected chi connectivity index (χ0v) is 11.7. The quantitative estimate of drug-likeness (QED) is 0.758. The van der Waals surface area contributed by atoms with Crippen molar-refractivity contribution in [3.63, 3.8) is 0 Å². The first-order chi connectivity index (χ1) is 7.32. The highest BCUT2D eigenvalue weighted by Crippen LogP contribution is 2.16. The van der Waals surface area contributed by atoms with Crippen LogP contribution < -0.4 is 5.32 Å². The number of thiocarbonyl (C=S) groups is 1. The van der Waals surface area contributed by atoms with E-state index in [9.17, 15) is 8.42 Å². The normalized spacial score (nSPS) is 23.4. The van der Waals surface area contributed by atoms with Crippen molar-refractivity contribution in [2.24, 2.45) is 5.92 Å². The van der Waals surface area contributed by atoms with Gasteiger partial charge in [0.25, 0.3) is 0 Å². The van der Waals surface area contributed by atoms with Crippen molar-refractivity contribution in [1.82, 2.24) is 10.2 Å². The van der Waals surface area contributed by atoms with Crippen LogP contribution in [0.5, 0.6) is 0 Å². The third kappa shape index (κ3) is 3.90. The van der Waals surface area contributed by atoms with Gasteiger partial charge in [-0.15, -0.1) is 0 Å². The molecule has 0 saturated carbocycles. The molecule has 0 radical (unpaired) electrons. The number of hydrogen-bond donors (Lipinski definition) is 1. The smallest absolute Gasteiger partial charge is 0.168 e. The van der Waals surface area contributed by atoms with Crippen molar-refractivity contribution in [3.8, 4) is 0 Å². The van der Waals surface area contributed by atoms with Gasteiger partial charge in [0.1, 0.15) is 0 Å². The molecule has 94 valence electrons. The van der Waals surface area contributed by atoms with Crippen molar-refractivity contribution >= 4 is 27.2 Å². The molecule has 1 fully saturated rings. The van der Waals surface area contributed by atoms with E-state index < -0.39 is 9.84 Å². The molecule has 0 spiro atoms. The second kappa shape index (κ2) is 5.31. The van der Waals surface area contributed by atoms with Gasteiger partial charge in [-0.05, 0) is 24.6 Å². The minimum atomic E-state index is -2.83. The molecule has 1 N–H and O–H groups in total. The van der Waals surface area contributed by atoms with E-state index in [1.807, 2.05) is 11.9 Å². The van der Waals surface area contributed by atoms with E-state index in [1.165, 1.54) is 0 Å². The predicted octanol–water partition coefficient (Wildman–Crippen LogP) is 0.636. The first kappa shape index (κ1) is 13.7. The monoisotopic (exact) mass is 264 g/mol. The maximum absolute atomic E-state index is 11.3. The minimum Gasteiger partial charge on any atom is -0.362 e. The Labute approximate surface area is 103 Å². The summed E-state index contributed by atoms with van der Waals surface area (Å²) in [4.78, 5) is 1.88. The summed E-state index contributed by atoms with van der Waals surface area (Å²) >= 11 is 5.23. The molecule has 0 aromatic rings. The van der Waals surface area contributed by atoms with Crippen LogP contribution in [0.3, 0.4) is 0 Å². The van der Waals surface area contributed by atoms with Gasteiger partial charge in [-0.1, -0.05) is 13.8 Å². The summed E-state index contributed by atoms with van der Waals surface area (Å²) in [5.41, 5.74) is 0. The molecular formula is C10H20N2O2S2. The van der Waals surface area contributed by atoms with Crippen molar-refractivity contribution in [2.45, 2.75) is 26.3 Å². The molecule has 1 heterocycles. The molecule has 0 aromatic carbocycles. The highest BCUT2D eigenvalue weighted by atomic mass is 32.2. The van der Waals surface area contributed by atoms with E-state index in [0.717, 1.165) is 6.54 Å². The van der Waals surface area contributed by atoms with Crippen LogP contribution in [0, 0.1) is 5.92 Å².